The Bertz CT molecular complexity index is 2660. The van der Waals surface area contributed by atoms with E-state index in [4.69, 9.17) is 11.5 Å². The summed E-state index contributed by atoms with van der Waals surface area (Å²) in [4.78, 5) is 173. The third-order valence-corrected chi connectivity index (χ3v) is 15.3. The summed E-state index contributed by atoms with van der Waals surface area (Å²) < 4.78 is 0. The summed E-state index contributed by atoms with van der Waals surface area (Å²) in [7, 11) is 0. The Hall–Kier alpha value is -7.92. The number of fused-ring (bicyclic) bond motifs is 2. The van der Waals surface area contributed by atoms with Crippen molar-refractivity contribution in [2.75, 3.05) is 13.1 Å². The van der Waals surface area contributed by atoms with Crippen LogP contribution < -0.4 is 54.0 Å². The summed E-state index contributed by atoms with van der Waals surface area (Å²) >= 11 is 0. The topological polar surface area (TPSA) is 360 Å². The van der Waals surface area contributed by atoms with Gasteiger partial charge in [-0.3, -0.25) is 57.5 Å². The van der Waals surface area contributed by atoms with Crippen molar-refractivity contribution in [1.82, 2.24) is 52.3 Å². The van der Waals surface area contributed by atoms with Crippen LogP contribution in [0.2, 0.25) is 0 Å². The summed E-state index contributed by atoms with van der Waals surface area (Å²) in [6, 6.07) is 4.62. The second-order valence-corrected chi connectivity index (χ2v) is 23.9. The Morgan fingerprint density at radius 2 is 0.738 bits per heavy atom. The van der Waals surface area contributed by atoms with Crippen molar-refractivity contribution in [1.29, 1.82) is 0 Å². The largest absolute Gasteiger partial charge is 0.370 e. The van der Waals surface area contributed by atoms with Gasteiger partial charge in [-0.15, -0.1) is 0 Å². The van der Waals surface area contributed by atoms with E-state index in [-0.39, 0.29) is 89.1 Å². The summed E-state index contributed by atoms with van der Waals surface area (Å²) in [6.07, 6.45) is -0.162. The number of nitrogens with two attached hydrogens (primary N) is 2. The van der Waals surface area contributed by atoms with Gasteiger partial charge in [0.2, 0.25) is 70.9 Å². The minimum Gasteiger partial charge on any atom is -0.370 e. The molecule has 0 saturated carbocycles. The molecule has 2 aromatic rings. The van der Waals surface area contributed by atoms with Crippen LogP contribution in [-0.2, 0) is 70.4 Å². The van der Waals surface area contributed by atoms with Crippen LogP contribution in [0.1, 0.15) is 131 Å². The normalized spacial score (nSPS) is 26.1. The lowest BCUT2D eigenvalue weighted by atomic mass is 9.98. The van der Waals surface area contributed by atoms with Crippen LogP contribution in [0.5, 0.6) is 0 Å². The number of amides is 12. The fourth-order valence-corrected chi connectivity index (χ4v) is 10.8. The molecule has 0 aliphatic carbocycles. The summed E-state index contributed by atoms with van der Waals surface area (Å²) in [5.41, 5.74) is 12.4. The second-order valence-electron chi connectivity index (χ2n) is 23.9. The zero-order valence-corrected chi connectivity index (χ0v) is 49.7. The highest BCUT2D eigenvalue weighted by Gasteiger charge is 2.43. The van der Waals surface area contributed by atoms with Crippen molar-refractivity contribution in [2.45, 2.75) is 193 Å². The number of rotatable bonds is 16. The first-order valence-corrected chi connectivity index (χ1v) is 29.4. The van der Waals surface area contributed by atoms with Crippen LogP contribution in [0.4, 0.5) is 0 Å². The van der Waals surface area contributed by atoms with E-state index in [1.165, 1.54) is 9.80 Å². The Balaban J connectivity index is 1.60. The van der Waals surface area contributed by atoms with Gasteiger partial charge in [-0.25, -0.2) is 0 Å². The van der Waals surface area contributed by atoms with Gasteiger partial charge in [0.05, 0.1) is 0 Å². The number of benzene rings is 2. The number of hydrogen-bond acceptors (Lipinski definition) is 12. The van der Waals surface area contributed by atoms with Crippen LogP contribution in [0, 0.1) is 23.7 Å². The second kappa shape index (κ2) is 31.7. The zero-order valence-electron chi connectivity index (χ0n) is 49.7. The van der Waals surface area contributed by atoms with Crippen molar-refractivity contribution in [2.24, 2.45) is 35.1 Å². The average molecular weight is 1170 g/mol. The quantitative estimate of drug-likeness (QED) is 0.108. The predicted molar refractivity (Wildman–Crippen MR) is 311 cm³/mol. The monoisotopic (exact) mass is 1170 g/mol. The van der Waals surface area contributed by atoms with E-state index < -0.39 is 143 Å². The third-order valence-electron chi connectivity index (χ3n) is 15.3. The minimum absolute atomic E-state index is 0.0360. The van der Waals surface area contributed by atoms with Crippen molar-refractivity contribution in [3.8, 4) is 0 Å². The summed E-state index contributed by atoms with van der Waals surface area (Å²) in [6.45, 7) is 14.1. The van der Waals surface area contributed by atoms with Gasteiger partial charge in [0.25, 0.3) is 0 Å². The molecular weight excluding hydrogens is 1080 g/mol. The SMILES string of the molecule is CC(C)C[C@@H]1NC(=O)[C@H](CCC(N)=O)NC(=O)[C@H](C(C)C)NC(=O)[C@@H]2CCCN2C(=O)[C@H](Cc2ccccc2)NC(=O)[C@H](C(C)C)NC(=O)[C@H](CCC(N)=O)NC(=O)[C@H](CC(C)C)NC(=O)[C@@H]2CCCN2C(=O)[C@H](Cc2ccccc2)NC1=O. The lowest BCUT2D eigenvalue weighted by molar-refractivity contribution is -0.143. The maximum Gasteiger partial charge on any atom is 0.246 e. The molecule has 12 amide bonds. The lowest BCUT2D eigenvalue weighted by Gasteiger charge is -2.33. The molecule has 0 radical (unpaired) electrons. The fourth-order valence-electron chi connectivity index (χ4n) is 10.8. The van der Waals surface area contributed by atoms with Crippen LogP contribution in [0.3, 0.4) is 0 Å². The number of carbonyl (C=O) groups is 12. The fraction of sp³-hybridized carbons (Fsp3) is 0.600. The third kappa shape index (κ3) is 19.6. The highest BCUT2D eigenvalue weighted by atomic mass is 16.2. The highest BCUT2D eigenvalue weighted by Crippen LogP contribution is 2.24. The number of hydrogen-bond donors (Lipinski definition) is 10. The number of primary amides is 2. The first kappa shape index (κ1) is 66.9. The van der Waals surface area contributed by atoms with E-state index >= 15 is 0 Å². The van der Waals surface area contributed by atoms with Gasteiger partial charge in [0, 0.05) is 38.8 Å². The maximum absolute atomic E-state index is 14.9. The summed E-state index contributed by atoms with van der Waals surface area (Å²) in [5.74, 6) is -10.7. The predicted octanol–water partition coefficient (Wildman–Crippen LogP) is 0.281. The van der Waals surface area contributed by atoms with Crippen LogP contribution >= 0.6 is 0 Å². The van der Waals surface area contributed by atoms with E-state index in [1.807, 2.05) is 27.7 Å². The molecule has 0 aromatic heterocycles. The molecule has 3 heterocycles. The molecule has 3 fully saturated rings. The van der Waals surface area contributed by atoms with Gasteiger partial charge in [-0.2, -0.15) is 0 Å². The smallest absolute Gasteiger partial charge is 0.246 e. The molecule has 24 nitrogen and oxygen atoms in total. The highest BCUT2D eigenvalue weighted by molar-refractivity contribution is 6.00. The first-order valence-electron chi connectivity index (χ1n) is 29.4. The van der Waals surface area contributed by atoms with Crippen LogP contribution in [0.15, 0.2) is 60.7 Å². The molecule has 3 aliphatic rings. The van der Waals surface area contributed by atoms with Crippen molar-refractivity contribution in [3.05, 3.63) is 71.8 Å². The van der Waals surface area contributed by atoms with Gasteiger partial charge >= 0.3 is 0 Å². The van der Waals surface area contributed by atoms with E-state index in [1.54, 1.807) is 88.4 Å². The Labute approximate surface area is 492 Å². The molecule has 24 heteroatoms. The standard InChI is InChI=1S/C60H88N12O12/c1-33(2)29-41-54(78)67-43(31-37-17-11-9-12-18-37)59(83)71-27-15-21-45(71)55(79)66-42(30-34(3)4)53(77)63-40(24-26-48(62)74)52(76)69-49(35(5)6)58(82)68-44(32-38-19-13-10-14-20-38)60(84)72-28-16-22-46(72)56(80)70-50(36(7)8)57(81)64-39(51(75)65-41)23-25-47(61)73/h9-14,17-20,33-36,39-46,49-50H,15-16,21-32H2,1-8H3,(H2,61,73)(H2,62,74)(H,63,77)(H,64,81)(H,65,75)(H,66,79)(H,67,78)(H,68,82)(H,69,76)(H,70,80)/t39-,40-,41-,42-,43-,44-,45-,46-,49-,50-/m0/s1. The average Bonchev–Trinajstić information content (AvgIpc) is 3.82. The Morgan fingerprint density at radius 3 is 1.12 bits per heavy atom. The number of nitrogens with one attached hydrogen (secondary N) is 8. The van der Waals surface area contributed by atoms with Crippen LogP contribution in [-0.4, -0.2) is 154 Å². The molecule has 3 saturated heterocycles. The number of carbonyl (C=O) groups excluding carboxylic acids is 12. The lowest BCUT2D eigenvalue weighted by Crippen LogP contribution is -2.62. The van der Waals surface area contributed by atoms with E-state index in [0.717, 1.165) is 0 Å². The van der Waals surface area contributed by atoms with Gasteiger partial charge in [0.15, 0.2) is 0 Å². The van der Waals surface area contributed by atoms with Crippen LogP contribution in [0.25, 0.3) is 0 Å². The van der Waals surface area contributed by atoms with Gasteiger partial charge in [-0.05, 0) is 86.2 Å². The molecule has 10 atom stereocenters. The first-order chi connectivity index (χ1) is 39.7. The molecule has 3 aliphatic heterocycles. The molecule has 5 rings (SSSR count). The van der Waals surface area contributed by atoms with E-state index in [9.17, 15) is 57.5 Å². The van der Waals surface area contributed by atoms with Crippen molar-refractivity contribution < 1.29 is 57.5 Å². The van der Waals surface area contributed by atoms with Gasteiger partial charge in [-0.1, -0.05) is 116 Å². The zero-order chi connectivity index (χ0) is 61.9. The molecule has 84 heavy (non-hydrogen) atoms. The minimum atomic E-state index is -1.47. The maximum atomic E-state index is 14.9. The molecule has 12 N–H and O–H groups in total. The Kier molecular flexibility index (Phi) is 25.2. The number of nitrogens with zero attached hydrogens (tertiary/aromatic N) is 2. The van der Waals surface area contributed by atoms with Gasteiger partial charge in [0.1, 0.15) is 60.4 Å². The Morgan fingerprint density at radius 1 is 0.429 bits per heavy atom. The van der Waals surface area contributed by atoms with E-state index in [0.29, 0.717) is 24.0 Å². The van der Waals surface area contributed by atoms with Crippen molar-refractivity contribution >= 4 is 70.9 Å². The molecule has 0 unspecified atom stereocenters. The van der Waals surface area contributed by atoms with E-state index in [2.05, 4.69) is 42.5 Å². The molecule has 460 valence electrons. The summed E-state index contributed by atoms with van der Waals surface area (Å²) in [5, 5.41) is 22.0. The van der Waals surface area contributed by atoms with Gasteiger partial charge < -0.3 is 63.8 Å². The van der Waals surface area contributed by atoms with Crippen molar-refractivity contribution in [3.63, 3.8) is 0 Å². The molecule has 0 spiro atoms. The molecular formula is C60H88N12O12. The molecule has 2 aromatic carbocycles. The molecule has 0 bridgehead atoms.